The zero-order chi connectivity index (χ0) is 22.7. The van der Waals surface area contributed by atoms with Crippen LogP contribution >= 0.6 is 22.7 Å². The SMILES string of the molecule is CC(=O)N(c1nc(/C=C/C(=O)N/N=c2\sc3ccccc3n2C)cs1)c1ccccc1F. The predicted molar refractivity (Wildman–Crippen MR) is 125 cm³/mol. The number of benzene rings is 2. The van der Waals surface area contributed by atoms with E-state index in [1.165, 1.54) is 58.8 Å². The molecule has 0 fully saturated rings. The fourth-order valence-corrected chi connectivity index (χ4v) is 4.81. The molecule has 4 rings (SSSR count). The van der Waals surface area contributed by atoms with Gasteiger partial charge in [-0.2, -0.15) is 0 Å². The third-order valence-corrected chi connectivity index (χ3v) is 6.45. The largest absolute Gasteiger partial charge is 0.318 e. The fourth-order valence-electron chi connectivity index (χ4n) is 2.99. The van der Waals surface area contributed by atoms with Crippen molar-refractivity contribution in [2.24, 2.45) is 12.1 Å². The Kier molecular flexibility index (Phi) is 6.24. The lowest BCUT2D eigenvalue weighted by atomic mass is 10.3. The number of anilines is 2. The van der Waals surface area contributed by atoms with E-state index >= 15 is 0 Å². The minimum absolute atomic E-state index is 0.123. The van der Waals surface area contributed by atoms with Crippen molar-refractivity contribution in [1.29, 1.82) is 0 Å². The van der Waals surface area contributed by atoms with Crippen molar-refractivity contribution in [3.05, 3.63) is 76.3 Å². The lowest BCUT2D eigenvalue weighted by Gasteiger charge is -2.18. The summed E-state index contributed by atoms with van der Waals surface area (Å²) in [5.41, 5.74) is 4.12. The predicted octanol–water partition coefficient (Wildman–Crippen LogP) is 4.17. The number of aromatic nitrogens is 2. The molecule has 0 radical (unpaired) electrons. The zero-order valence-electron chi connectivity index (χ0n) is 17.2. The number of aryl methyl sites for hydroxylation is 1. The summed E-state index contributed by atoms with van der Waals surface area (Å²) in [6.45, 7) is 1.34. The summed E-state index contributed by atoms with van der Waals surface area (Å²) in [7, 11) is 1.88. The fraction of sp³-hybridized carbons (Fsp3) is 0.0909. The molecule has 32 heavy (non-hydrogen) atoms. The van der Waals surface area contributed by atoms with Crippen LogP contribution in [0.3, 0.4) is 0 Å². The van der Waals surface area contributed by atoms with Crippen LogP contribution in [0.1, 0.15) is 12.6 Å². The summed E-state index contributed by atoms with van der Waals surface area (Å²) in [6.07, 6.45) is 2.81. The van der Waals surface area contributed by atoms with Crippen LogP contribution in [0.2, 0.25) is 0 Å². The molecule has 0 atom stereocenters. The Bertz CT molecular complexity index is 1400. The number of hydrogen-bond donors (Lipinski definition) is 1. The van der Waals surface area contributed by atoms with Gasteiger partial charge >= 0.3 is 0 Å². The third-order valence-electron chi connectivity index (χ3n) is 4.49. The number of thiazole rings is 2. The molecule has 0 saturated heterocycles. The van der Waals surface area contributed by atoms with Gasteiger partial charge in [0.2, 0.25) is 10.7 Å². The maximum atomic E-state index is 14.2. The number of carbonyl (C=O) groups is 2. The zero-order valence-corrected chi connectivity index (χ0v) is 18.8. The summed E-state index contributed by atoms with van der Waals surface area (Å²) >= 11 is 2.64. The number of amides is 2. The number of nitrogens with zero attached hydrogens (tertiary/aromatic N) is 4. The van der Waals surface area contributed by atoms with Gasteiger partial charge in [0, 0.05) is 25.4 Å². The van der Waals surface area contributed by atoms with Gasteiger partial charge in [-0.3, -0.25) is 14.5 Å². The van der Waals surface area contributed by atoms with Gasteiger partial charge in [0.1, 0.15) is 5.82 Å². The molecule has 2 amide bonds. The topological polar surface area (TPSA) is 79.6 Å². The molecule has 2 aromatic heterocycles. The first-order valence-electron chi connectivity index (χ1n) is 9.51. The molecule has 4 aromatic rings. The summed E-state index contributed by atoms with van der Waals surface area (Å²) < 4.78 is 17.1. The maximum Gasteiger partial charge on any atom is 0.264 e. The molecular weight excluding hydrogens is 449 g/mol. The first-order valence-corrected chi connectivity index (χ1v) is 11.2. The van der Waals surface area contributed by atoms with Crippen LogP contribution in [0.25, 0.3) is 16.3 Å². The lowest BCUT2D eigenvalue weighted by Crippen LogP contribution is -2.23. The number of hydrogen-bond acceptors (Lipinski definition) is 6. The second kappa shape index (κ2) is 9.25. The second-order valence-corrected chi connectivity index (χ2v) is 8.54. The van der Waals surface area contributed by atoms with Crippen LogP contribution in [-0.4, -0.2) is 21.4 Å². The van der Waals surface area contributed by atoms with Crippen LogP contribution in [0.5, 0.6) is 0 Å². The van der Waals surface area contributed by atoms with E-state index < -0.39 is 11.7 Å². The smallest absolute Gasteiger partial charge is 0.264 e. The van der Waals surface area contributed by atoms with Crippen LogP contribution in [0.4, 0.5) is 15.2 Å². The van der Waals surface area contributed by atoms with Crippen LogP contribution < -0.4 is 15.1 Å². The minimum Gasteiger partial charge on any atom is -0.318 e. The van der Waals surface area contributed by atoms with E-state index in [0.717, 1.165) is 10.2 Å². The second-order valence-electron chi connectivity index (χ2n) is 6.69. The summed E-state index contributed by atoms with van der Waals surface area (Å²) in [5, 5.41) is 6.17. The Morgan fingerprint density at radius 1 is 1.19 bits per heavy atom. The number of rotatable bonds is 5. The Morgan fingerprint density at radius 3 is 2.69 bits per heavy atom. The summed E-state index contributed by atoms with van der Waals surface area (Å²) in [4.78, 5) is 30.5. The first-order chi connectivity index (χ1) is 15.4. The van der Waals surface area contributed by atoms with Gasteiger partial charge in [-0.25, -0.2) is 14.8 Å². The molecule has 0 saturated carbocycles. The third kappa shape index (κ3) is 4.51. The maximum absolute atomic E-state index is 14.2. The van der Waals surface area contributed by atoms with Gasteiger partial charge in [-0.1, -0.05) is 35.6 Å². The molecule has 0 aliphatic heterocycles. The highest BCUT2D eigenvalue weighted by molar-refractivity contribution is 7.16. The molecule has 0 spiro atoms. The molecule has 0 aliphatic carbocycles. The van der Waals surface area contributed by atoms with E-state index in [0.29, 0.717) is 15.6 Å². The van der Waals surface area contributed by atoms with Crippen molar-refractivity contribution >= 4 is 61.6 Å². The van der Waals surface area contributed by atoms with Gasteiger partial charge < -0.3 is 4.57 Å². The highest BCUT2D eigenvalue weighted by Crippen LogP contribution is 2.30. The Hall–Kier alpha value is -3.63. The average Bonchev–Trinajstić information content (AvgIpc) is 3.37. The number of para-hydroxylation sites is 2. The molecule has 1 N–H and O–H groups in total. The monoisotopic (exact) mass is 467 g/mol. The van der Waals surface area contributed by atoms with Crippen molar-refractivity contribution < 1.29 is 14.0 Å². The van der Waals surface area contributed by atoms with E-state index in [-0.39, 0.29) is 11.6 Å². The van der Waals surface area contributed by atoms with E-state index in [2.05, 4.69) is 15.5 Å². The van der Waals surface area contributed by atoms with Gasteiger partial charge in [0.15, 0.2) is 5.13 Å². The van der Waals surface area contributed by atoms with Crippen molar-refractivity contribution in [2.75, 3.05) is 4.90 Å². The molecule has 7 nitrogen and oxygen atoms in total. The highest BCUT2D eigenvalue weighted by Gasteiger charge is 2.20. The molecule has 0 bridgehead atoms. The van der Waals surface area contributed by atoms with Crippen molar-refractivity contribution in [2.45, 2.75) is 6.92 Å². The minimum atomic E-state index is -0.523. The van der Waals surface area contributed by atoms with Gasteiger partial charge in [0.05, 0.1) is 21.6 Å². The number of fused-ring (bicyclic) bond motifs is 1. The van der Waals surface area contributed by atoms with Crippen molar-refractivity contribution in [1.82, 2.24) is 15.0 Å². The molecule has 162 valence electrons. The Labute approximate surface area is 190 Å². The van der Waals surface area contributed by atoms with Crippen molar-refractivity contribution in [3.63, 3.8) is 0 Å². The van der Waals surface area contributed by atoms with Crippen LogP contribution in [0.15, 0.2) is 65.1 Å². The lowest BCUT2D eigenvalue weighted by molar-refractivity contribution is -0.117. The van der Waals surface area contributed by atoms with Crippen LogP contribution in [0, 0.1) is 5.82 Å². The molecule has 0 aliphatic rings. The summed E-state index contributed by atoms with van der Waals surface area (Å²) in [6, 6.07) is 13.9. The van der Waals surface area contributed by atoms with E-state index in [1.807, 2.05) is 35.9 Å². The molecular formula is C22H18FN5O2S2. The normalized spacial score (nSPS) is 11.9. The average molecular weight is 468 g/mol. The number of carbonyl (C=O) groups excluding carboxylic acids is 2. The number of nitrogens with one attached hydrogen (secondary N) is 1. The standard InChI is InChI=1S/C22H18FN5O2S2/c1-14(29)28(17-8-4-3-7-16(17)23)21-24-15(13-31-21)11-12-20(30)25-26-22-27(2)18-9-5-6-10-19(18)32-22/h3-13H,1-2H3,(H,25,30)/b12-11+,26-22-. The Balaban J connectivity index is 1.49. The van der Waals surface area contributed by atoms with Gasteiger partial charge in [-0.15, -0.1) is 16.4 Å². The van der Waals surface area contributed by atoms with E-state index in [9.17, 15) is 14.0 Å². The first kappa shape index (κ1) is 21.6. The molecule has 0 unspecified atom stereocenters. The van der Waals surface area contributed by atoms with Gasteiger partial charge in [0.25, 0.3) is 5.91 Å². The van der Waals surface area contributed by atoms with Gasteiger partial charge in [-0.05, 0) is 30.3 Å². The number of halogens is 1. The molecule has 2 aromatic carbocycles. The van der Waals surface area contributed by atoms with E-state index in [1.54, 1.807) is 17.5 Å². The highest BCUT2D eigenvalue weighted by atomic mass is 32.1. The Morgan fingerprint density at radius 2 is 1.94 bits per heavy atom. The summed E-state index contributed by atoms with van der Waals surface area (Å²) in [5.74, 6) is -1.31. The van der Waals surface area contributed by atoms with Crippen LogP contribution in [-0.2, 0) is 16.6 Å². The molecule has 10 heteroatoms. The molecule has 2 heterocycles. The quantitative estimate of drug-likeness (QED) is 0.354. The van der Waals surface area contributed by atoms with Crippen molar-refractivity contribution in [3.8, 4) is 0 Å². The van der Waals surface area contributed by atoms with E-state index in [4.69, 9.17) is 0 Å².